The van der Waals surface area contributed by atoms with E-state index >= 15 is 0 Å². The molecule has 0 spiro atoms. The van der Waals surface area contributed by atoms with Gasteiger partial charge in [-0.25, -0.2) is 0 Å². The average Bonchev–Trinajstić information content (AvgIpc) is 3.16. The first-order valence-electron chi connectivity index (χ1n) is 9.32. The molecule has 0 unspecified atom stereocenters. The molecular formula is C21H24N2O4. The zero-order chi connectivity index (χ0) is 18.6. The third kappa shape index (κ3) is 4.07. The summed E-state index contributed by atoms with van der Waals surface area (Å²) < 4.78 is 17.3. The fraction of sp³-hybridized carbons (Fsp3) is 0.381. The molecule has 0 bridgehead atoms. The number of benzene rings is 2. The van der Waals surface area contributed by atoms with Crippen LogP contribution in [-0.4, -0.2) is 43.8 Å². The van der Waals surface area contributed by atoms with Gasteiger partial charge in [-0.3, -0.25) is 9.69 Å². The minimum atomic E-state index is -0.145. The number of ether oxygens (including phenoxy) is 3. The Balaban J connectivity index is 1.57. The van der Waals surface area contributed by atoms with E-state index in [2.05, 4.69) is 22.3 Å². The molecule has 1 N–H and O–H groups in total. The molecule has 1 saturated heterocycles. The van der Waals surface area contributed by atoms with E-state index in [4.69, 9.17) is 14.2 Å². The molecule has 0 aliphatic carbocycles. The molecule has 4 rings (SSSR count). The van der Waals surface area contributed by atoms with Crippen molar-refractivity contribution in [3.63, 3.8) is 0 Å². The van der Waals surface area contributed by atoms with Crippen LogP contribution in [0.1, 0.15) is 30.3 Å². The summed E-state index contributed by atoms with van der Waals surface area (Å²) in [5.74, 6) is 1.54. The van der Waals surface area contributed by atoms with Crippen molar-refractivity contribution in [2.45, 2.75) is 19.1 Å². The van der Waals surface area contributed by atoms with Crippen LogP contribution in [0.3, 0.4) is 0 Å². The van der Waals surface area contributed by atoms with Crippen LogP contribution >= 0.6 is 0 Å². The molecular weight excluding hydrogens is 344 g/mol. The van der Waals surface area contributed by atoms with E-state index in [1.54, 1.807) is 0 Å². The molecule has 2 atom stereocenters. The summed E-state index contributed by atoms with van der Waals surface area (Å²) in [6.07, 6.45) is -0.238. The van der Waals surface area contributed by atoms with Crippen molar-refractivity contribution in [2.75, 3.05) is 33.0 Å². The maximum Gasteiger partial charge on any atom is 0.234 e. The van der Waals surface area contributed by atoms with Crippen LogP contribution in [0.4, 0.5) is 0 Å². The normalized spacial score (nSPS) is 21.8. The van der Waals surface area contributed by atoms with Crippen molar-refractivity contribution in [2.24, 2.45) is 0 Å². The van der Waals surface area contributed by atoms with E-state index in [0.717, 1.165) is 22.6 Å². The molecule has 6 heteroatoms. The lowest BCUT2D eigenvalue weighted by atomic mass is 10.0. The Morgan fingerprint density at radius 3 is 2.56 bits per heavy atom. The highest BCUT2D eigenvalue weighted by Gasteiger charge is 2.31. The fourth-order valence-corrected chi connectivity index (χ4v) is 3.56. The number of hydrogen-bond acceptors (Lipinski definition) is 5. The van der Waals surface area contributed by atoms with Gasteiger partial charge in [-0.1, -0.05) is 36.4 Å². The lowest BCUT2D eigenvalue weighted by Gasteiger charge is -2.38. The molecule has 2 aliphatic heterocycles. The Bertz CT molecular complexity index is 796. The summed E-state index contributed by atoms with van der Waals surface area (Å²) in [5, 5.41) is 2.88. The zero-order valence-corrected chi connectivity index (χ0v) is 15.4. The molecule has 2 aliphatic rings. The Morgan fingerprint density at radius 1 is 1.04 bits per heavy atom. The number of likely N-dealkylation sites (N-methyl/N-ethyl adjacent to an activating group) is 1. The van der Waals surface area contributed by atoms with Gasteiger partial charge in [0, 0.05) is 19.6 Å². The third-order valence-electron chi connectivity index (χ3n) is 4.86. The van der Waals surface area contributed by atoms with Gasteiger partial charge in [0.25, 0.3) is 0 Å². The maximum atomic E-state index is 12.1. The number of rotatable bonds is 5. The Morgan fingerprint density at radius 2 is 1.78 bits per heavy atom. The Kier molecular flexibility index (Phi) is 5.27. The molecule has 0 saturated carbocycles. The van der Waals surface area contributed by atoms with E-state index in [1.165, 1.54) is 0 Å². The van der Waals surface area contributed by atoms with Gasteiger partial charge >= 0.3 is 0 Å². The van der Waals surface area contributed by atoms with Gasteiger partial charge in [-0.2, -0.15) is 0 Å². The highest BCUT2D eigenvalue weighted by Crippen LogP contribution is 2.38. The second-order valence-corrected chi connectivity index (χ2v) is 6.78. The third-order valence-corrected chi connectivity index (χ3v) is 4.86. The predicted molar refractivity (Wildman–Crippen MR) is 101 cm³/mol. The SMILES string of the molecule is CCNC(=O)CN1C[C@@H](c2ccccc2)O[C@@H](c2ccc3c(c2)OCO3)C1. The van der Waals surface area contributed by atoms with Gasteiger partial charge in [0.15, 0.2) is 11.5 Å². The average molecular weight is 368 g/mol. The van der Waals surface area contributed by atoms with Crippen molar-refractivity contribution in [1.29, 1.82) is 0 Å². The summed E-state index contributed by atoms with van der Waals surface area (Å²) >= 11 is 0. The molecule has 27 heavy (non-hydrogen) atoms. The lowest BCUT2D eigenvalue weighted by Crippen LogP contribution is -2.45. The molecule has 142 valence electrons. The molecule has 2 aromatic rings. The van der Waals surface area contributed by atoms with E-state index < -0.39 is 0 Å². The van der Waals surface area contributed by atoms with Gasteiger partial charge < -0.3 is 19.5 Å². The van der Waals surface area contributed by atoms with Gasteiger partial charge in [0.05, 0.1) is 18.8 Å². The quantitative estimate of drug-likeness (QED) is 0.879. The largest absolute Gasteiger partial charge is 0.454 e. The molecule has 1 amide bonds. The number of fused-ring (bicyclic) bond motifs is 1. The second kappa shape index (κ2) is 7.98. The maximum absolute atomic E-state index is 12.1. The summed E-state index contributed by atoms with van der Waals surface area (Å²) in [5.41, 5.74) is 2.14. The standard InChI is InChI=1S/C21H24N2O4/c1-2-22-21(24)13-23-11-19(15-6-4-3-5-7-15)27-20(12-23)16-8-9-17-18(10-16)26-14-25-17/h3-10,19-20H,2,11-14H2,1H3,(H,22,24)/t19-,20+/m0/s1. The fourth-order valence-electron chi connectivity index (χ4n) is 3.56. The predicted octanol–water partition coefficient (Wildman–Crippen LogP) is 2.67. The van der Waals surface area contributed by atoms with E-state index in [0.29, 0.717) is 26.2 Å². The first-order chi connectivity index (χ1) is 13.2. The molecule has 0 aromatic heterocycles. The second-order valence-electron chi connectivity index (χ2n) is 6.78. The van der Waals surface area contributed by atoms with Gasteiger partial charge in [-0.05, 0) is 30.2 Å². The van der Waals surface area contributed by atoms with Gasteiger partial charge in [0.2, 0.25) is 12.7 Å². The number of amides is 1. The first-order valence-corrected chi connectivity index (χ1v) is 9.32. The summed E-state index contributed by atoms with van der Waals surface area (Å²) in [6, 6.07) is 16.1. The monoisotopic (exact) mass is 368 g/mol. The van der Waals surface area contributed by atoms with Gasteiger partial charge in [0.1, 0.15) is 0 Å². The molecule has 2 aromatic carbocycles. The smallest absolute Gasteiger partial charge is 0.234 e. The van der Waals surface area contributed by atoms with Crippen molar-refractivity contribution in [3.05, 3.63) is 59.7 Å². The van der Waals surface area contributed by atoms with Crippen LogP contribution in [0.2, 0.25) is 0 Å². The Hall–Kier alpha value is -2.57. The number of nitrogens with zero attached hydrogens (tertiary/aromatic N) is 1. The Labute approximate surface area is 159 Å². The molecule has 1 fully saturated rings. The molecule has 2 heterocycles. The van der Waals surface area contributed by atoms with Crippen LogP contribution < -0.4 is 14.8 Å². The van der Waals surface area contributed by atoms with Crippen LogP contribution in [0.25, 0.3) is 0 Å². The number of carbonyl (C=O) groups is 1. The van der Waals surface area contributed by atoms with Crippen molar-refractivity contribution >= 4 is 5.91 Å². The highest BCUT2D eigenvalue weighted by atomic mass is 16.7. The van der Waals surface area contributed by atoms with Crippen molar-refractivity contribution < 1.29 is 19.0 Å². The summed E-state index contributed by atoms with van der Waals surface area (Å²) in [7, 11) is 0. The summed E-state index contributed by atoms with van der Waals surface area (Å²) in [4.78, 5) is 14.3. The number of morpholine rings is 1. The number of carbonyl (C=O) groups excluding carboxylic acids is 1. The lowest BCUT2D eigenvalue weighted by molar-refractivity contribution is -0.128. The van der Waals surface area contributed by atoms with Crippen molar-refractivity contribution in [1.82, 2.24) is 10.2 Å². The van der Waals surface area contributed by atoms with E-state index in [9.17, 15) is 4.79 Å². The minimum Gasteiger partial charge on any atom is -0.454 e. The van der Waals surface area contributed by atoms with Crippen LogP contribution in [0, 0.1) is 0 Å². The van der Waals surface area contributed by atoms with Gasteiger partial charge in [-0.15, -0.1) is 0 Å². The van der Waals surface area contributed by atoms with E-state index in [-0.39, 0.29) is 24.9 Å². The minimum absolute atomic E-state index is 0.0376. The number of nitrogens with one attached hydrogen (secondary N) is 1. The summed E-state index contributed by atoms with van der Waals surface area (Å²) in [6.45, 7) is 4.51. The number of hydrogen-bond donors (Lipinski definition) is 1. The topological polar surface area (TPSA) is 60.0 Å². The van der Waals surface area contributed by atoms with Crippen LogP contribution in [0.5, 0.6) is 11.5 Å². The zero-order valence-electron chi connectivity index (χ0n) is 15.4. The first kappa shape index (κ1) is 17.8. The molecule has 0 radical (unpaired) electrons. The highest BCUT2D eigenvalue weighted by molar-refractivity contribution is 5.77. The van der Waals surface area contributed by atoms with Crippen LogP contribution in [0.15, 0.2) is 48.5 Å². The van der Waals surface area contributed by atoms with Crippen LogP contribution in [-0.2, 0) is 9.53 Å². The van der Waals surface area contributed by atoms with E-state index in [1.807, 2.05) is 43.3 Å². The molecule has 6 nitrogen and oxygen atoms in total. The van der Waals surface area contributed by atoms with Crippen molar-refractivity contribution in [3.8, 4) is 11.5 Å².